The Bertz CT molecular complexity index is 826. The summed E-state index contributed by atoms with van der Waals surface area (Å²) < 4.78 is 5.76. The predicted octanol–water partition coefficient (Wildman–Crippen LogP) is 4.44. The highest BCUT2D eigenvalue weighted by atomic mass is 32.1. The number of thiazole rings is 1. The van der Waals surface area contributed by atoms with E-state index in [0.29, 0.717) is 17.3 Å². The summed E-state index contributed by atoms with van der Waals surface area (Å²) in [5, 5.41) is 9.82. The van der Waals surface area contributed by atoms with E-state index in [1.165, 1.54) is 16.9 Å². The van der Waals surface area contributed by atoms with Crippen molar-refractivity contribution in [3.05, 3.63) is 70.7 Å². The molecule has 1 heterocycles. The van der Waals surface area contributed by atoms with Gasteiger partial charge in [-0.1, -0.05) is 30.3 Å². The summed E-state index contributed by atoms with van der Waals surface area (Å²) >= 11 is 1.19. The van der Waals surface area contributed by atoms with Crippen molar-refractivity contribution in [2.24, 2.45) is 0 Å². The molecule has 0 amide bonds. The number of carbonyl (C=O) groups is 1. The quantitative estimate of drug-likeness (QED) is 0.721. The molecule has 1 aromatic heterocycles. The van der Waals surface area contributed by atoms with Crippen molar-refractivity contribution in [1.29, 1.82) is 0 Å². The van der Waals surface area contributed by atoms with Gasteiger partial charge in [-0.15, -0.1) is 11.3 Å². The molecule has 0 atom stereocenters. The molecular weight excluding hydrogens is 322 g/mol. The van der Waals surface area contributed by atoms with Gasteiger partial charge in [0.15, 0.2) is 0 Å². The number of hydrogen-bond acceptors (Lipinski definition) is 4. The van der Waals surface area contributed by atoms with Crippen LogP contribution in [0.4, 0.5) is 0 Å². The van der Waals surface area contributed by atoms with Gasteiger partial charge in [0.1, 0.15) is 15.6 Å². The fraction of sp³-hybridized carbons (Fsp3) is 0.158. The van der Waals surface area contributed by atoms with Crippen LogP contribution in [0.2, 0.25) is 0 Å². The Balaban J connectivity index is 1.63. The second-order valence-corrected chi connectivity index (χ2v) is 6.35. The van der Waals surface area contributed by atoms with E-state index < -0.39 is 5.97 Å². The van der Waals surface area contributed by atoms with E-state index in [0.717, 1.165) is 17.7 Å². The van der Waals surface area contributed by atoms with Crippen molar-refractivity contribution in [3.8, 4) is 16.3 Å². The van der Waals surface area contributed by atoms with E-state index in [-0.39, 0.29) is 4.88 Å². The van der Waals surface area contributed by atoms with Gasteiger partial charge in [0, 0.05) is 12.0 Å². The highest BCUT2D eigenvalue weighted by Gasteiger charge is 2.14. The third-order valence-electron chi connectivity index (χ3n) is 3.59. The molecule has 0 fully saturated rings. The molecule has 24 heavy (non-hydrogen) atoms. The van der Waals surface area contributed by atoms with Gasteiger partial charge in [-0.05, 0) is 36.8 Å². The van der Waals surface area contributed by atoms with Crippen LogP contribution in [0.3, 0.4) is 0 Å². The Labute approximate surface area is 144 Å². The van der Waals surface area contributed by atoms with Crippen LogP contribution in [0.5, 0.6) is 5.75 Å². The third kappa shape index (κ3) is 3.81. The Kier molecular flexibility index (Phi) is 4.91. The van der Waals surface area contributed by atoms with E-state index in [4.69, 9.17) is 9.84 Å². The van der Waals surface area contributed by atoms with Gasteiger partial charge in [0.25, 0.3) is 0 Å². The Morgan fingerprint density at radius 2 is 1.83 bits per heavy atom. The summed E-state index contributed by atoms with van der Waals surface area (Å²) in [5.41, 5.74) is 2.69. The minimum atomic E-state index is -0.933. The number of carboxylic acids is 1. The normalized spacial score (nSPS) is 10.5. The average molecular weight is 339 g/mol. The van der Waals surface area contributed by atoms with E-state index in [1.54, 1.807) is 6.92 Å². The summed E-state index contributed by atoms with van der Waals surface area (Å²) in [6.07, 6.45) is 0.857. The zero-order valence-corrected chi connectivity index (χ0v) is 14.0. The number of ether oxygens (including phenoxy) is 1. The zero-order valence-electron chi connectivity index (χ0n) is 13.2. The Hall–Kier alpha value is -2.66. The largest absolute Gasteiger partial charge is 0.493 e. The average Bonchev–Trinajstić information content (AvgIpc) is 2.99. The molecule has 0 aliphatic heterocycles. The molecular formula is C19H17NO3S. The second-order valence-electron chi connectivity index (χ2n) is 5.35. The number of rotatable bonds is 6. The van der Waals surface area contributed by atoms with Gasteiger partial charge in [0.2, 0.25) is 0 Å². The molecule has 3 rings (SSSR count). The molecule has 0 saturated carbocycles. The first-order valence-electron chi connectivity index (χ1n) is 7.61. The molecule has 0 unspecified atom stereocenters. The van der Waals surface area contributed by atoms with Crippen LogP contribution in [0.25, 0.3) is 10.6 Å². The van der Waals surface area contributed by atoms with Crippen LogP contribution in [-0.4, -0.2) is 22.7 Å². The molecule has 2 aromatic carbocycles. The number of aryl methyl sites for hydroxylation is 1. The zero-order chi connectivity index (χ0) is 16.9. The summed E-state index contributed by atoms with van der Waals surface area (Å²) in [6, 6.07) is 17.8. The van der Waals surface area contributed by atoms with Crippen LogP contribution < -0.4 is 4.74 Å². The smallest absolute Gasteiger partial charge is 0.347 e. The molecule has 5 heteroatoms. The van der Waals surface area contributed by atoms with E-state index in [2.05, 4.69) is 17.1 Å². The van der Waals surface area contributed by atoms with Crippen molar-refractivity contribution >= 4 is 17.3 Å². The van der Waals surface area contributed by atoms with Gasteiger partial charge in [-0.2, -0.15) is 0 Å². The van der Waals surface area contributed by atoms with Crippen LogP contribution in [0, 0.1) is 6.92 Å². The predicted molar refractivity (Wildman–Crippen MR) is 94.9 cm³/mol. The molecule has 0 aliphatic carbocycles. The SMILES string of the molecule is Cc1nc(-c2ccc(OCCc3ccccc3)cc2)sc1C(=O)O. The molecule has 3 aromatic rings. The van der Waals surface area contributed by atoms with Gasteiger partial charge >= 0.3 is 5.97 Å². The summed E-state index contributed by atoms with van der Waals surface area (Å²) in [6.45, 7) is 2.33. The first kappa shape index (κ1) is 16.2. The minimum absolute atomic E-state index is 0.285. The van der Waals surface area contributed by atoms with Crippen molar-refractivity contribution in [3.63, 3.8) is 0 Å². The molecule has 122 valence electrons. The Morgan fingerprint density at radius 1 is 1.12 bits per heavy atom. The molecule has 0 aliphatic rings. The fourth-order valence-corrected chi connectivity index (χ4v) is 3.25. The van der Waals surface area contributed by atoms with Crippen LogP contribution in [-0.2, 0) is 6.42 Å². The Morgan fingerprint density at radius 3 is 2.46 bits per heavy atom. The summed E-state index contributed by atoms with van der Waals surface area (Å²) in [4.78, 5) is 15.7. The number of aromatic nitrogens is 1. The van der Waals surface area contributed by atoms with Crippen molar-refractivity contribution in [1.82, 2.24) is 4.98 Å². The van der Waals surface area contributed by atoms with Crippen LogP contribution in [0.1, 0.15) is 20.9 Å². The van der Waals surface area contributed by atoms with Crippen LogP contribution >= 0.6 is 11.3 Å². The third-order valence-corrected chi connectivity index (χ3v) is 4.79. The van der Waals surface area contributed by atoms with Gasteiger partial charge in [-0.3, -0.25) is 0 Å². The lowest BCUT2D eigenvalue weighted by molar-refractivity contribution is 0.0701. The highest BCUT2D eigenvalue weighted by Crippen LogP contribution is 2.29. The number of aromatic carboxylic acids is 1. The first-order valence-corrected chi connectivity index (χ1v) is 8.43. The van der Waals surface area contributed by atoms with Crippen LogP contribution in [0.15, 0.2) is 54.6 Å². The minimum Gasteiger partial charge on any atom is -0.493 e. The van der Waals surface area contributed by atoms with Crippen molar-refractivity contribution < 1.29 is 14.6 Å². The van der Waals surface area contributed by atoms with Crippen molar-refractivity contribution in [2.45, 2.75) is 13.3 Å². The fourth-order valence-electron chi connectivity index (χ4n) is 2.34. The summed E-state index contributed by atoms with van der Waals surface area (Å²) in [5.74, 6) is -0.140. The lowest BCUT2D eigenvalue weighted by Gasteiger charge is -2.06. The van der Waals surface area contributed by atoms with Gasteiger partial charge in [0.05, 0.1) is 12.3 Å². The first-order chi connectivity index (χ1) is 11.6. The summed E-state index contributed by atoms with van der Waals surface area (Å²) in [7, 11) is 0. The van der Waals surface area contributed by atoms with E-state index in [1.807, 2.05) is 42.5 Å². The molecule has 0 saturated heterocycles. The molecule has 4 nitrogen and oxygen atoms in total. The topological polar surface area (TPSA) is 59.4 Å². The molecule has 0 spiro atoms. The number of nitrogens with zero attached hydrogens (tertiary/aromatic N) is 1. The number of carboxylic acid groups (broad SMARTS) is 1. The highest BCUT2D eigenvalue weighted by molar-refractivity contribution is 7.17. The maximum atomic E-state index is 11.1. The van der Waals surface area contributed by atoms with Crippen molar-refractivity contribution in [2.75, 3.05) is 6.61 Å². The lowest BCUT2D eigenvalue weighted by Crippen LogP contribution is -2.00. The molecule has 1 N–H and O–H groups in total. The van der Waals surface area contributed by atoms with Gasteiger partial charge in [-0.25, -0.2) is 9.78 Å². The second kappa shape index (κ2) is 7.27. The maximum absolute atomic E-state index is 11.1. The molecule has 0 radical (unpaired) electrons. The standard InChI is InChI=1S/C19H17NO3S/c1-13-17(19(21)22)24-18(20-13)15-7-9-16(10-8-15)23-12-11-14-5-3-2-4-6-14/h2-10H,11-12H2,1H3,(H,21,22). The van der Waals surface area contributed by atoms with E-state index >= 15 is 0 Å². The van der Waals surface area contributed by atoms with Gasteiger partial charge < -0.3 is 9.84 Å². The monoisotopic (exact) mass is 339 g/mol. The maximum Gasteiger partial charge on any atom is 0.347 e. The molecule has 0 bridgehead atoms. The number of benzene rings is 2. The van der Waals surface area contributed by atoms with E-state index in [9.17, 15) is 4.79 Å². The number of hydrogen-bond donors (Lipinski definition) is 1. The lowest BCUT2D eigenvalue weighted by atomic mass is 10.2.